The minimum absolute atomic E-state index is 0.0362. The van der Waals surface area contributed by atoms with Gasteiger partial charge in [0.1, 0.15) is 18.8 Å². The Labute approximate surface area is 73.0 Å². The number of rotatable bonds is 1. The van der Waals surface area contributed by atoms with Crippen molar-refractivity contribution in [2.45, 2.75) is 24.0 Å². The molecule has 0 bridgehead atoms. The van der Waals surface area contributed by atoms with Crippen molar-refractivity contribution in [1.82, 2.24) is 0 Å². The van der Waals surface area contributed by atoms with Crippen LogP contribution in [-0.2, 0) is 9.47 Å². The van der Waals surface area contributed by atoms with Gasteiger partial charge in [0, 0.05) is 0 Å². The fourth-order valence-corrected chi connectivity index (χ4v) is 1.65. The highest BCUT2D eigenvalue weighted by molar-refractivity contribution is 4.98. The zero-order chi connectivity index (χ0) is 9.64. The molecule has 2 heterocycles. The summed E-state index contributed by atoms with van der Waals surface area (Å²) in [6.07, 6.45) is -2.73. The number of hydrogen-bond donors (Lipinski definition) is 2. The molecule has 74 valence electrons. The molecule has 2 aliphatic rings. The van der Waals surface area contributed by atoms with Crippen molar-refractivity contribution in [3.63, 3.8) is 0 Å². The molecule has 0 radical (unpaired) electrons. The van der Waals surface area contributed by atoms with Crippen LogP contribution >= 0.6 is 0 Å². The summed E-state index contributed by atoms with van der Waals surface area (Å²) in [5.74, 6) is 0. The largest absolute Gasteiger partial charge is 0.388 e. The summed E-state index contributed by atoms with van der Waals surface area (Å²) >= 11 is 0. The van der Waals surface area contributed by atoms with Gasteiger partial charge in [-0.05, 0) is 0 Å². The molecule has 0 amide bonds. The first-order valence-electron chi connectivity index (χ1n) is 3.84. The van der Waals surface area contributed by atoms with Crippen molar-refractivity contribution in [1.29, 1.82) is 0 Å². The van der Waals surface area contributed by atoms with Crippen molar-refractivity contribution in [3.05, 3.63) is 10.1 Å². The highest BCUT2D eigenvalue weighted by Crippen LogP contribution is 2.34. The summed E-state index contributed by atoms with van der Waals surface area (Å²) in [5.41, 5.74) is -2.21. The van der Waals surface area contributed by atoms with Crippen molar-refractivity contribution in [2.75, 3.05) is 13.2 Å². The van der Waals surface area contributed by atoms with Crippen LogP contribution in [0.25, 0.3) is 0 Å². The van der Waals surface area contributed by atoms with Crippen LogP contribution < -0.4 is 0 Å². The van der Waals surface area contributed by atoms with Gasteiger partial charge in [0.25, 0.3) is 0 Å². The van der Waals surface area contributed by atoms with E-state index in [1.807, 2.05) is 0 Å². The van der Waals surface area contributed by atoms with E-state index in [-0.39, 0.29) is 6.61 Å². The second-order valence-electron chi connectivity index (χ2n) is 3.23. The molecule has 13 heavy (non-hydrogen) atoms. The van der Waals surface area contributed by atoms with Crippen LogP contribution in [0.5, 0.6) is 0 Å². The van der Waals surface area contributed by atoms with Crippen LogP contribution in [0.15, 0.2) is 0 Å². The summed E-state index contributed by atoms with van der Waals surface area (Å²) < 4.78 is 9.80. The lowest BCUT2D eigenvalue weighted by Gasteiger charge is -2.16. The lowest BCUT2D eigenvalue weighted by molar-refractivity contribution is -0.631. The number of aliphatic hydroxyl groups is 2. The Kier molecular flexibility index (Phi) is 1.77. The van der Waals surface area contributed by atoms with Crippen LogP contribution in [0.2, 0.25) is 0 Å². The van der Waals surface area contributed by atoms with E-state index in [1.54, 1.807) is 0 Å². The SMILES string of the molecule is O=[N+]([O-])[C@@]1(O)CO[C@@H]2[C@@H](O)CO[C@@H]21. The molecule has 0 aromatic rings. The highest BCUT2D eigenvalue weighted by atomic mass is 16.7. The van der Waals surface area contributed by atoms with Gasteiger partial charge in [0.15, 0.2) is 6.10 Å². The number of hydrogen-bond acceptors (Lipinski definition) is 6. The zero-order valence-electron chi connectivity index (χ0n) is 6.62. The highest BCUT2D eigenvalue weighted by Gasteiger charge is 2.64. The lowest BCUT2D eigenvalue weighted by atomic mass is 10.1. The van der Waals surface area contributed by atoms with E-state index in [0.717, 1.165) is 0 Å². The van der Waals surface area contributed by atoms with E-state index < -0.39 is 35.6 Å². The van der Waals surface area contributed by atoms with Gasteiger partial charge >= 0.3 is 5.72 Å². The molecule has 7 nitrogen and oxygen atoms in total. The maximum absolute atomic E-state index is 10.5. The summed E-state index contributed by atoms with van der Waals surface area (Å²) in [7, 11) is 0. The summed E-state index contributed by atoms with van der Waals surface area (Å²) in [4.78, 5) is 9.65. The van der Waals surface area contributed by atoms with Gasteiger partial charge in [-0.15, -0.1) is 0 Å². The first-order chi connectivity index (χ1) is 6.05. The number of aliphatic hydroxyl groups excluding tert-OH is 1. The van der Waals surface area contributed by atoms with Crippen molar-refractivity contribution in [2.24, 2.45) is 0 Å². The first-order valence-corrected chi connectivity index (χ1v) is 3.84. The molecule has 0 spiro atoms. The summed E-state index contributed by atoms with van der Waals surface area (Å²) in [6, 6.07) is 0. The van der Waals surface area contributed by atoms with Crippen molar-refractivity contribution < 1.29 is 24.6 Å². The van der Waals surface area contributed by atoms with Crippen LogP contribution in [0.4, 0.5) is 0 Å². The third kappa shape index (κ3) is 1.05. The average Bonchev–Trinajstić information content (AvgIpc) is 2.57. The standard InChI is InChI=1S/C6H9NO6/c8-3-1-12-5-4(3)13-2-6(5,9)7(10)11/h3-5,8-9H,1-2H2/t3-,4+,5-,6+/m0/s1. The third-order valence-electron chi connectivity index (χ3n) is 2.38. The molecule has 4 atom stereocenters. The summed E-state index contributed by atoms with van der Waals surface area (Å²) in [6.45, 7) is -0.474. The van der Waals surface area contributed by atoms with Gasteiger partial charge in [-0.2, -0.15) is 0 Å². The molecule has 7 heteroatoms. The molecule has 2 rings (SSSR count). The lowest BCUT2D eigenvalue weighted by Crippen LogP contribution is -2.50. The molecule has 0 aromatic carbocycles. The Morgan fingerprint density at radius 2 is 2.23 bits per heavy atom. The van der Waals surface area contributed by atoms with E-state index in [9.17, 15) is 20.3 Å². The zero-order valence-corrected chi connectivity index (χ0v) is 6.62. The molecule has 2 aliphatic heterocycles. The van der Waals surface area contributed by atoms with E-state index in [1.165, 1.54) is 0 Å². The Balaban J connectivity index is 2.23. The van der Waals surface area contributed by atoms with Gasteiger partial charge in [-0.3, -0.25) is 10.1 Å². The minimum atomic E-state index is -2.21. The topological polar surface area (TPSA) is 102 Å². The second kappa shape index (κ2) is 2.61. The molecule has 2 saturated heterocycles. The molecule has 0 unspecified atom stereocenters. The predicted molar refractivity (Wildman–Crippen MR) is 37.4 cm³/mol. The van der Waals surface area contributed by atoms with Crippen LogP contribution in [0.3, 0.4) is 0 Å². The van der Waals surface area contributed by atoms with Crippen LogP contribution in [0, 0.1) is 10.1 Å². The fourth-order valence-electron chi connectivity index (χ4n) is 1.65. The van der Waals surface area contributed by atoms with Crippen LogP contribution in [-0.4, -0.2) is 52.4 Å². The molecule has 0 aliphatic carbocycles. The maximum Gasteiger partial charge on any atom is 0.374 e. The van der Waals surface area contributed by atoms with Gasteiger partial charge in [-0.25, -0.2) is 0 Å². The molecular weight excluding hydrogens is 182 g/mol. The molecule has 0 saturated carbocycles. The Morgan fingerprint density at radius 3 is 2.85 bits per heavy atom. The molecule has 2 fully saturated rings. The Hall–Kier alpha value is -0.760. The smallest absolute Gasteiger partial charge is 0.374 e. The number of fused-ring (bicyclic) bond motifs is 1. The monoisotopic (exact) mass is 191 g/mol. The molecule has 2 N–H and O–H groups in total. The second-order valence-corrected chi connectivity index (χ2v) is 3.23. The predicted octanol–water partition coefficient (Wildman–Crippen LogP) is -1.89. The minimum Gasteiger partial charge on any atom is -0.388 e. The normalized spacial score (nSPS) is 49.2. The first kappa shape index (κ1) is 8.82. The fraction of sp³-hybridized carbons (Fsp3) is 1.00. The molecular formula is C6H9NO6. The number of nitro groups is 1. The number of ether oxygens (including phenoxy) is 2. The van der Waals surface area contributed by atoms with Crippen molar-refractivity contribution in [3.8, 4) is 0 Å². The average molecular weight is 191 g/mol. The van der Waals surface area contributed by atoms with Gasteiger partial charge in [0.2, 0.25) is 0 Å². The van der Waals surface area contributed by atoms with Gasteiger partial charge in [-0.1, -0.05) is 0 Å². The van der Waals surface area contributed by atoms with E-state index in [2.05, 4.69) is 0 Å². The van der Waals surface area contributed by atoms with E-state index in [4.69, 9.17) is 9.47 Å². The third-order valence-corrected chi connectivity index (χ3v) is 2.38. The van der Waals surface area contributed by atoms with E-state index in [0.29, 0.717) is 0 Å². The Morgan fingerprint density at radius 1 is 1.54 bits per heavy atom. The van der Waals surface area contributed by atoms with Gasteiger partial charge in [0.05, 0.1) is 11.5 Å². The van der Waals surface area contributed by atoms with E-state index >= 15 is 0 Å². The maximum atomic E-state index is 10.5. The van der Waals surface area contributed by atoms with Crippen molar-refractivity contribution >= 4 is 0 Å². The summed E-state index contributed by atoms with van der Waals surface area (Å²) in [5, 5.41) is 29.2. The Bertz CT molecular complexity index is 245. The van der Waals surface area contributed by atoms with Crippen LogP contribution in [0.1, 0.15) is 0 Å². The quantitative estimate of drug-likeness (QED) is 0.285. The molecule has 0 aromatic heterocycles. The van der Waals surface area contributed by atoms with Gasteiger partial charge < -0.3 is 19.7 Å². The number of nitrogens with zero attached hydrogens (tertiary/aromatic N) is 1.